The fourth-order valence-electron chi connectivity index (χ4n) is 9.49. The lowest BCUT2D eigenvalue weighted by Crippen LogP contribution is -2.34. The maximum atomic E-state index is 14.0. The molecule has 3 fully saturated rings. The highest BCUT2D eigenvalue weighted by atomic mass is 16.5. The summed E-state index contributed by atoms with van der Waals surface area (Å²) >= 11 is 0. The summed E-state index contributed by atoms with van der Waals surface area (Å²) in [6, 6.07) is 17.4. The molecule has 0 aliphatic heterocycles. The number of esters is 3. The molecule has 59 heavy (non-hydrogen) atoms. The topological polar surface area (TPSA) is 97.4 Å². The molecular formula is C51H72O8. The van der Waals surface area contributed by atoms with E-state index in [0.29, 0.717) is 50.1 Å². The first-order valence-corrected chi connectivity index (χ1v) is 23.2. The van der Waals surface area contributed by atoms with Gasteiger partial charge in [0, 0.05) is 12.2 Å². The van der Waals surface area contributed by atoms with Crippen LogP contribution in [0.2, 0.25) is 0 Å². The molecule has 8 heteroatoms. The SMILES string of the molecule is C=CC(=O)OCCCCCCOc1ccc(C2CCC(CC(C(=O)OC3CCCCC3)C3CCC(c4ccc(OCCCCCCOC(=O)C=C)cc4)CC3)CC2)cc1. The third-order valence-corrected chi connectivity index (χ3v) is 13.1. The Hall–Kier alpha value is -4.07. The molecule has 0 bridgehead atoms. The minimum atomic E-state index is -0.358. The van der Waals surface area contributed by atoms with Gasteiger partial charge in [0.05, 0.1) is 32.3 Å². The van der Waals surface area contributed by atoms with E-state index in [2.05, 4.69) is 61.7 Å². The van der Waals surface area contributed by atoms with E-state index in [0.717, 1.165) is 108 Å². The van der Waals surface area contributed by atoms with E-state index >= 15 is 0 Å². The Morgan fingerprint density at radius 2 is 0.983 bits per heavy atom. The lowest BCUT2D eigenvalue weighted by molar-refractivity contribution is -0.159. The van der Waals surface area contributed by atoms with Crippen LogP contribution < -0.4 is 9.47 Å². The molecule has 0 amide bonds. The third-order valence-electron chi connectivity index (χ3n) is 13.1. The molecule has 5 rings (SSSR count). The van der Waals surface area contributed by atoms with Gasteiger partial charge in [0.1, 0.15) is 17.6 Å². The van der Waals surface area contributed by atoms with Crippen molar-refractivity contribution in [2.24, 2.45) is 17.8 Å². The molecular weight excluding hydrogens is 741 g/mol. The van der Waals surface area contributed by atoms with Gasteiger partial charge in [-0.2, -0.15) is 0 Å². The minimum Gasteiger partial charge on any atom is -0.494 e. The van der Waals surface area contributed by atoms with Gasteiger partial charge in [-0.3, -0.25) is 4.79 Å². The lowest BCUT2D eigenvalue weighted by atomic mass is 9.69. The van der Waals surface area contributed by atoms with E-state index in [1.165, 1.54) is 68.2 Å². The van der Waals surface area contributed by atoms with E-state index in [9.17, 15) is 14.4 Å². The van der Waals surface area contributed by atoms with E-state index in [-0.39, 0.29) is 29.9 Å². The molecule has 0 saturated heterocycles. The van der Waals surface area contributed by atoms with Crippen LogP contribution in [0.5, 0.6) is 11.5 Å². The molecule has 1 unspecified atom stereocenters. The van der Waals surface area contributed by atoms with Gasteiger partial charge in [0.25, 0.3) is 0 Å². The number of benzene rings is 2. The Morgan fingerprint density at radius 3 is 1.44 bits per heavy atom. The quantitative estimate of drug-likeness (QED) is 0.0423. The molecule has 2 aromatic rings. The van der Waals surface area contributed by atoms with Gasteiger partial charge >= 0.3 is 17.9 Å². The van der Waals surface area contributed by atoms with Crippen molar-refractivity contribution in [2.75, 3.05) is 26.4 Å². The summed E-state index contributed by atoms with van der Waals surface area (Å²) in [7, 11) is 0. The van der Waals surface area contributed by atoms with E-state index in [1.54, 1.807) is 0 Å². The van der Waals surface area contributed by atoms with Crippen LogP contribution in [0, 0.1) is 17.8 Å². The van der Waals surface area contributed by atoms with Gasteiger partial charge < -0.3 is 23.7 Å². The first-order chi connectivity index (χ1) is 28.9. The Labute approximate surface area is 354 Å². The smallest absolute Gasteiger partial charge is 0.330 e. The van der Waals surface area contributed by atoms with Gasteiger partial charge in [-0.05, 0) is 194 Å². The molecule has 1 atom stereocenters. The normalized spacial score (nSPS) is 21.4. The second-order valence-corrected chi connectivity index (χ2v) is 17.3. The number of carbonyl (C=O) groups excluding carboxylic acids is 3. The van der Waals surface area contributed by atoms with Crippen LogP contribution in [0.1, 0.15) is 164 Å². The maximum Gasteiger partial charge on any atom is 0.330 e. The Kier molecular flexibility index (Phi) is 20.4. The van der Waals surface area contributed by atoms with Crippen molar-refractivity contribution in [1.29, 1.82) is 0 Å². The molecule has 0 heterocycles. The molecule has 8 nitrogen and oxygen atoms in total. The average Bonchev–Trinajstić information content (AvgIpc) is 3.28. The van der Waals surface area contributed by atoms with Crippen LogP contribution in [-0.4, -0.2) is 50.4 Å². The van der Waals surface area contributed by atoms with Gasteiger partial charge in [-0.15, -0.1) is 0 Å². The number of carbonyl (C=O) groups is 3. The fraction of sp³-hybridized carbons (Fsp3) is 0.627. The number of rotatable bonds is 25. The molecule has 3 aliphatic rings. The van der Waals surface area contributed by atoms with Gasteiger partial charge in [-0.1, -0.05) is 43.8 Å². The summed E-state index contributed by atoms with van der Waals surface area (Å²) in [6.45, 7) is 9.10. The summed E-state index contributed by atoms with van der Waals surface area (Å²) in [6.07, 6.45) is 25.9. The molecule has 3 aliphatic carbocycles. The highest BCUT2D eigenvalue weighted by molar-refractivity contribution is 5.81. The molecule has 0 aromatic heterocycles. The molecule has 0 radical (unpaired) electrons. The highest BCUT2D eigenvalue weighted by Crippen LogP contribution is 2.45. The number of hydrogen-bond donors (Lipinski definition) is 0. The van der Waals surface area contributed by atoms with Crippen molar-refractivity contribution < 1.29 is 38.1 Å². The van der Waals surface area contributed by atoms with Gasteiger partial charge in [0.15, 0.2) is 0 Å². The van der Waals surface area contributed by atoms with E-state index in [1.807, 2.05) is 0 Å². The van der Waals surface area contributed by atoms with Crippen molar-refractivity contribution in [3.05, 3.63) is 85.0 Å². The van der Waals surface area contributed by atoms with Crippen molar-refractivity contribution in [1.82, 2.24) is 0 Å². The average molecular weight is 813 g/mol. The summed E-state index contributed by atoms with van der Waals surface area (Å²) in [4.78, 5) is 36.3. The molecule has 0 spiro atoms. The Morgan fingerprint density at radius 1 is 0.542 bits per heavy atom. The number of unbranched alkanes of at least 4 members (excludes halogenated alkanes) is 6. The van der Waals surface area contributed by atoms with Crippen LogP contribution >= 0.6 is 0 Å². The summed E-state index contributed by atoms with van der Waals surface area (Å²) < 4.78 is 28.4. The van der Waals surface area contributed by atoms with Gasteiger partial charge in [0.2, 0.25) is 0 Å². The van der Waals surface area contributed by atoms with Crippen molar-refractivity contribution in [3.8, 4) is 11.5 Å². The van der Waals surface area contributed by atoms with Crippen LogP contribution in [-0.2, 0) is 28.6 Å². The molecule has 3 saturated carbocycles. The van der Waals surface area contributed by atoms with Crippen molar-refractivity contribution >= 4 is 17.9 Å². The lowest BCUT2D eigenvalue weighted by Gasteiger charge is -2.37. The highest BCUT2D eigenvalue weighted by Gasteiger charge is 2.37. The second-order valence-electron chi connectivity index (χ2n) is 17.3. The predicted octanol–water partition coefficient (Wildman–Crippen LogP) is 12.2. The zero-order chi connectivity index (χ0) is 41.5. The van der Waals surface area contributed by atoms with E-state index in [4.69, 9.17) is 23.7 Å². The number of ether oxygens (including phenoxy) is 5. The third kappa shape index (κ3) is 16.5. The van der Waals surface area contributed by atoms with Crippen LogP contribution in [0.25, 0.3) is 0 Å². The van der Waals surface area contributed by atoms with Crippen LogP contribution in [0.15, 0.2) is 73.8 Å². The first kappa shape index (κ1) is 46.0. The summed E-state index contributed by atoms with van der Waals surface area (Å²) in [5, 5.41) is 0. The van der Waals surface area contributed by atoms with Crippen LogP contribution in [0.3, 0.4) is 0 Å². The second kappa shape index (κ2) is 26.2. The largest absolute Gasteiger partial charge is 0.494 e. The first-order valence-electron chi connectivity index (χ1n) is 23.2. The van der Waals surface area contributed by atoms with Crippen molar-refractivity contribution in [2.45, 2.75) is 159 Å². The summed E-state index contributed by atoms with van der Waals surface area (Å²) in [5.74, 6) is 3.25. The monoisotopic (exact) mass is 813 g/mol. The summed E-state index contributed by atoms with van der Waals surface area (Å²) in [5.41, 5.74) is 2.77. The van der Waals surface area contributed by atoms with Crippen molar-refractivity contribution in [3.63, 3.8) is 0 Å². The maximum absolute atomic E-state index is 14.0. The van der Waals surface area contributed by atoms with Crippen LogP contribution in [0.4, 0.5) is 0 Å². The molecule has 2 aromatic carbocycles. The zero-order valence-electron chi connectivity index (χ0n) is 35.8. The minimum absolute atomic E-state index is 0.00332. The fourth-order valence-corrected chi connectivity index (χ4v) is 9.49. The Bertz CT molecular complexity index is 1530. The zero-order valence-corrected chi connectivity index (χ0v) is 35.8. The number of hydrogen-bond acceptors (Lipinski definition) is 8. The standard InChI is InChI=1S/C51H72O8/c1-3-49(52)57-36-14-7-5-12-34-55-45-30-26-42(27-31-45)40-20-18-39(19-21-40)38-48(51(54)59-47-16-10-9-11-17-47)44-24-22-41(23-25-44)43-28-32-46(33-29-43)56-35-13-6-8-15-37-58-50(53)4-2/h3-4,26-33,39-41,44,47-48H,1-2,5-25,34-38H2. The Balaban J connectivity index is 1.03. The predicted molar refractivity (Wildman–Crippen MR) is 234 cm³/mol. The molecule has 324 valence electrons. The molecule has 0 N–H and O–H groups in total. The van der Waals surface area contributed by atoms with Gasteiger partial charge in [-0.25, -0.2) is 9.59 Å². The van der Waals surface area contributed by atoms with E-state index < -0.39 is 0 Å².